The minimum Gasteiger partial charge on any atom is -0.496 e. The first-order valence-corrected chi connectivity index (χ1v) is 10.8. The monoisotopic (exact) mass is 433 g/mol. The van der Waals surface area contributed by atoms with Gasteiger partial charge < -0.3 is 9.47 Å². The fourth-order valence-electron chi connectivity index (χ4n) is 2.77. The van der Waals surface area contributed by atoms with Gasteiger partial charge in [0.05, 0.1) is 19.4 Å². The summed E-state index contributed by atoms with van der Waals surface area (Å²) in [6.45, 7) is 2.82. The lowest BCUT2D eigenvalue weighted by Gasteiger charge is -2.06. The van der Waals surface area contributed by atoms with Crippen LogP contribution in [0.15, 0.2) is 59.5 Å². The minimum atomic E-state index is -0.519. The molecule has 1 amide bonds. The lowest BCUT2D eigenvalue weighted by atomic mass is 10.1. The van der Waals surface area contributed by atoms with Gasteiger partial charge in [0.25, 0.3) is 5.91 Å². The summed E-state index contributed by atoms with van der Waals surface area (Å²) in [5.74, 6) is 0.886. The van der Waals surface area contributed by atoms with Gasteiger partial charge in [0, 0.05) is 16.5 Å². The summed E-state index contributed by atoms with van der Waals surface area (Å²) < 4.78 is 11.0. The maximum absolute atomic E-state index is 12.6. The standard InChI is InChI=1S/C24H23N3O3S/c1-3-4-13-30-20-11-9-17(10-12-20)21-16-31-24(26-21)27-23(28)19(15-25)14-18-7-5-6-8-22(18)29-2/h5-12,14,16H,3-4,13H2,1-2H3,(H,26,27,28)/b19-14+. The van der Waals surface area contributed by atoms with Crippen molar-refractivity contribution in [2.45, 2.75) is 19.8 Å². The van der Waals surface area contributed by atoms with Crippen LogP contribution in [0.4, 0.5) is 5.13 Å². The smallest absolute Gasteiger partial charge is 0.268 e. The van der Waals surface area contributed by atoms with Crippen LogP contribution in [0.25, 0.3) is 17.3 Å². The Morgan fingerprint density at radius 1 is 1.23 bits per heavy atom. The Hall–Kier alpha value is -3.63. The number of hydrogen-bond donors (Lipinski definition) is 1. The number of carbonyl (C=O) groups excluding carboxylic acids is 1. The van der Waals surface area contributed by atoms with Gasteiger partial charge in [-0.15, -0.1) is 11.3 Å². The van der Waals surface area contributed by atoms with Crippen LogP contribution in [-0.4, -0.2) is 24.6 Å². The van der Waals surface area contributed by atoms with E-state index in [0.717, 1.165) is 29.8 Å². The van der Waals surface area contributed by atoms with Crippen LogP contribution in [-0.2, 0) is 4.79 Å². The molecule has 0 spiro atoms. The van der Waals surface area contributed by atoms with E-state index in [1.165, 1.54) is 17.4 Å². The molecule has 0 unspecified atom stereocenters. The number of nitrogens with one attached hydrogen (secondary N) is 1. The van der Waals surface area contributed by atoms with Crippen molar-refractivity contribution in [1.82, 2.24) is 4.98 Å². The highest BCUT2D eigenvalue weighted by atomic mass is 32.1. The van der Waals surface area contributed by atoms with Crippen LogP contribution < -0.4 is 14.8 Å². The van der Waals surface area contributed by atoms with Crippen molar-refractivity contribution in [3.05, 3.63) is 65.0 Å². The SMILES string of the molecule is CCCCOc1ccc(-c2csc(NC(=O)/C(C#N)=C/c3ccccc3OC)n2)cc1. The number of thiazole rings is 1. The maximum Gasteiger partial charge on any atom is 0.268 e. The average molecular weight is 434 g/mol. The molecule has 0 fully saturated rings. The minimum absolute atomic E-state index is 0.0326. The number of anilines is 1. The Kier molecular flexibility index (Phi) is 7.79. The molecule has 1 heterocycles. The van der Waals surface area contributed by atoms with E-state index in [0.29, 0.717) is 23.1 Å². The second-order valence-electron chi connectivity index (χ2n) is 6.63. The molecule has 0 saturated carbocycles. The number of carbonyl (C=O) groups is 1. The van der Waals surface area contributed by atoms with E-state index in [-0.39, 0.29) is 5.57 Å². The van der Waals surface area contributed by atoms with Crippen LogP contribution in [0.5, 0.6) is 11.5 Å². The highest BCUT2D eigenvalue weighted by Crippen LogP contribution is 2.27. The zero-order valence-electron chi connectivity index (χ0n) is 17.4. The summed E-state index contributed by atoms with van der Waals surface area (Å²) in [6.07, 6.45) is 3.61. The van der Waals surface area contributed by atoms with Gasteiger partial charge in [0.1, 0.15) is 23.1 Å². The third-order valence-corrected chi connectivity index (χ3v) is 5.20. The molecule has 1 aromatic heterocycles. The van der Waals surface area contributed by atoms with Crippen molar-refractivity contribution in [3.8, 4) is 28.8 Å². The quantitative estimate of drug-likeness (QED) is 0.272. The zero-order valence-corrected chi connectivity index (χ0v) is 18.2. The largest absolute Gasteiger partial charge is 0.496 e. The zero-order chi connectivity index (χ0) is 22.1. The van der Waals surface area contributed by atoms with Crippen molar-refractivity contribution in [2.75, 3.05) is 19.0 Å². The summed E-state index contributed by atoms with van der Waals surface area (Å²) in [5, 5.41) is 14.4. The van der Waals surface area contributed by atoms with E-state index >= 15 is 0 Å². The normalized spacial score (nSPS) is 10.9. The average Bonchev–Trinajstić information content (AvgIpc) is 3.26. The van der Waals surface area contributed by atoms with Crippen molar-refractivity contribution in [3.63, 3.8) is 0 Å². The third kappa shape index (κ3) is 5.93. The molecule has 0 aliphatic heterocycles. The summed E-state index contributed by atoms with van der Waals surface area (Å²) in [4.78, 5) is 17.0. The number of amides is 1. The van der Waals surface area contributed by atoms with Crippen LogP contribution in [0.1, 0.15) is 25.3 Å². The Labute approximate surface area is 185 Å². The van der Waals surface area contributed by atoms with Crippen molar-refractivity contribution in [1.29, 1.82) is 5.26 Å². The van der Waals surface area contributed by atoms with Crippen molar-refractivity contribution >= 4 is 28.5 Å². The number of nitrogens with zero attached hydrogens (tertiary/aromatic N) is 2. The fraction of sp³-hybridized carbons (Fsp3) is 0.208. The van der Waals surface area contributed by atoms with Crippen LogP contribution in [0, 0.1) is 11.3 Å². The lowest BCUT2D eigenvalue weighted by Crippen LogP contribution is -2.13. The maximum atomic E-state index is 12.6. The van der Waals surface area contributed by atoms with Gasteiger partial charge in [-0.05, 0) is 42.8 Å². The van der Waals surface area contributed by atoms with E-state index in [4.69, 9.17) is 9.47 Å². The summed E-state index contributed by atoms with van der Waals surface area (Å²) in [6, 6.07) is 16.8. The number of aromatic nitrogens is 1. The molecular weight excluding hydrogens is 410 g/mol. The molecule has 3 rings (SSSR count). The number of benzene rings is 2. The van der Waals surface area contributed by atoms with Crippen molar-refractivity contribution in [2.24, 2.45) is 0 Å². The molecule has 2 aromatic carbocycles. The number of methoxy groups -OCH3 is 1. The van der Waals surface area contributed by atoms with E-state index in [1.807, 2.05) is 47.8 Å². The van der Waals surface area contributed by atoms with Gasteiger partial charge in [-0.25, -0.2) is 4.98 Å². The van der Waals surface area contributed by atoms with E-state index < -0.39 is 5.91 Å². The van der Waals surface area contributed by atoms with Crippen molar-refractivity contribution < 1.29 is 14.3 Å². The summed E-state index contributed by atoms with van der Waals surface area (Å²) >= 11 is 1.30. The molecule has 31 heavy (non-hydrogen) atoms. The lowest BCUT2D eigenvalue weighted by molar-refractivity contribution is -0.112. The molecule has 7 heteroatoms. The molecule has 158 valence electrons. The summed E-state index contributed by atoms with van der Waals surface area (Å²) in [7, 11) is 1.54. The Morgan fingerprint density at radius 2 is 2.00 bits per heavy atom. The van der Waals surface area contributed by atoms with Crippen LogP contribution >= 0.6 is 11.3 Å². The number of ether oxygens (including phenoxy) is 2. The Morgan fingerprint density at radius 3 is 2.71 bits per heavy atom. The second-order valence-corrected chi connectivity index (χ2v) is 7.49. The van der Waals surface area contributed by atoms with Gasteiger partial charge in [0.15, 0.2) is 5.13 Å². The molecule has 0 aliphatic rings. The van der Waals surface area contributed by atoms with Gasteiger partial charge in [0.2, 0.25) is 0 Å². The molecule has 0 aliphatic carbocycles. The van der Waals surface area contributed by atoms with Crippen LogP contribution in [0.3, 0.4) is 0 Å². The van der Waals surface area contributed by atoms with Crippen LogP contribution in [0.2, 0.25) is 0 Å². The topological polar surface area (TPSA) is 84.2 Å². The first kappa shape index (κ1) is 22.1. The first-order valence-electron chi connectivity index (χ1n) is 9.89. The molecule has 0 radical (unpaired) electrons. The van der Waals surface area contributed by atoms with E-state index in [9.17, 15) is 10.1 Å². The molecule has 0 bridgehead atoms. The highest BCUT2D eigenvalue weighted by Gasteiger charge is 2.13. The fourth-order valence-corrected chi connectivity index (χ4v) is 3.49. The molecule has 0 saturated heterocycles. The predicted octanol–water partition coefficient (Wildman–Crippen LogP) is 5.54. The molecule has 6 nitrogen and oxygen atoms in total. The number of unbranched alkanes of at least 4 members (excludes halogenated alkanes) is 1. The number of rotatable bonds is 9. The number of hydrogen-bond acceptors (Lipinski definition) is 6. The second kappa shape index (κ2) is 11.0. The van der Waals surface area contributed by atoms with Gasteiger partial charge in [-0.3, -0.25) is 10.1 Å². The molecule has 0 atom stereocenters. The van der Waals surface area contributed by atoms with Gasteiger partial charge in [-0.1, -0.05) is 31.5 Å². The Balaban J connectivity index is 1.69. The first-order chi connectivity index (χ1) is 15.1. The molecule has 1 N–H and O–H groups in total. The highest BCUT2D eigenvalue weighted by molar-refractivity contribution is 7.14. The van der Waals surface area contributed by atoms with E-state index in [1.54, 1.807) is 19.2 Å². The Bertz CT molecular complexity index is 1100. The van der Waals surface area contributed by atoms with Gasteiger partial charge >= 0.3 is 0 Å². The third-order valence-electron chi connectivity index (χ3n) is 4.45. The van der Waals surface area contributed by atoms with Gasteiger partial charge in [-0.2, -0.15) is 5.26 Å². The molecule has 3 aromatic rings. The number of para-hydroxylation sites is 1. The van der Waals surface area contributed by atoms with E-state index in [2.05, 4.69) is 17.2 Å². The number of nitriles is 1. The molecular formula is C24H23N3O3S. The predicted molar refractivity (Wildman–Crippen MR) is 123 cm³/mol. The summed E-state index contributed by atoms with van der Waals surface area (Å²) in [5.41, 5.74) is 2.28.